The number of hydrogen-bond acceptors (Lipinski definition) is 4. The summed E-state index contributed by atoms with van der Waals surface area (Å²) in [6.07, 6.45) is 2.71. The van der Waals surface area contributed by atoms with Gasteiger partial charge in [0.1, 0.15) is 0 Å². The molecule has 1 aromatic carbocycles. The van der Waals surface area contributed by atoms with Crippen LogP contribution in [0.1, 0.15) is 57.2 Å². The SMILES string of the molecule is CC(C)c1ccc(S(=O)(=O)Nc2ccc(C3CCN(C(C)C)C3)nc2)cc1. The number of sulfonamides is 1. The van der Waals surface area contributed by atoms with Crippen LogP contribution in [0.15, 0.2) is 47.5 Å². The number of likely N-dealkylation sites (tertiary alicyclic amines) is 1. The van der Waals surface area contributed by atoms with Crippen molar-refractivity contribution in [3.05, 3.63) is 53.9 Å². The second-order valence-electron chi connectivity index (χ2n) is 7.88. The third kappa shape index (κ3) is 4.68. The van der Waals surface area contributed by atoms with Gasteiger partial charge in [0.05, 0.1) is 16.8 Å². The highest BCUT2D eigenvalue weighted by molar-refractivity contribution is 7.92. The molecule has 0 amide bonds. The summed E-state index contributed by atoms with van der Waals surface area (Å²) in [7, 11) is -3.61. The van der Waals surface area contributed by atoms with Gasteiger partial charge in [-0.2, -0.15) is 0 Å². The third-order valence-electron chi connectivity index (χ3n) is 5.26. The molecule has 0 radical (unpaired) electrons. The molecule has 0 bridgehead atoms. The number of nitrogens with one attached hydrogen (secondary N) is 1. The van der Waals surface area contributed by atoms with Gasteiger partial charge in [-0.1, -0.05) is 26.0 Å². The minimum Gasteiger partial charge on any atom is -0.300 e. The molecule has 0 saturated carbocycles. The molecule has 1 N–H and O–H groups in total. The molecule has 1 fully saturated rings. The van der Waals surface area contributed by atoms with Crippen LogP contribution in [0.3, 0.4) is 0 Å². The van der Waals surface area contributed by atoms with Crippen LogP contribution >= 0.6 is 0 Å². The topological polar surface area (TPSA) is 62.3 Å². The highest BCUT2D eigenvalue weighted by atomic mass is 32.2. The summed E-state index contributed by atoms with van der Waals surface area (Å²) in [4.78, 5) is 7.23. The van der Waals surface area contributed by atoms with Crippen molar-refractivity contribution in [2.24, 2.45) is 0 Å². The summed E-state index contributed by atoms with van der Waals surface area (Å²) in [5, 5.41) is 0. The van der Waals surface area contributed by atoms with Gasteiger partial charge in [0, 0.05) is 24.2 Å². The number of rotatable bonds is 6. The Morgan fingerprint density at radius 3 is 2.30 bits per heavy atom. The summed E-state index contributed by atoms with van der Waals surface area (Å²) < 4.78 is 27.8. The van der Waals surface area contributed by atoms with E-state index in [4.69, 9.17) is 0 Å². The van der Waals surface area contributed by atoms with E-state index in [0.717, 1.165) is 30.8 Å². The summed E-state index contributed by atoms with van der Waals surface area (Å²) in [5.41, 5.74) is 2.64. The first-order valence-electron chi connectivity index (χ1n) is 9.59. The number of benzene rings is 1. The van der Waals surface area contributed by atoms with Crippen molar-refractivity contribution < 1.29 is 8.42 Å². The van der Waals surface area contributed by atoms with Crippen molar-refractivity contribution in [2.45, 2.75) is 56.9 Å². The van der Waals surface area contributed by atoms with E-state index in [2.05, 4.69) is 42.3 Å². The van der Waals surface area contributed by atoms with E-state index >= 15 is 0 Å². The maximum Gasteiger partial charge on any atom is 0.261 e. The molecule has 5 nitrogen and oxygen atoms in total. The lowest BCUT2D eigenvalue weighted by Crippen LogP contribution is -2.28. The van der Waals surface area contributed by atoms with Crippen LogP contribution < -0.4 is 4.72 Å². The summed E-state index contributed by atoms with van der Waals surface area (Å²) in [6.45, 7) is 10.7. The Morgan fingerprint density at radius 2 is 1.78 bits per heavy atom. The molecule has 6 heteroatoms. The molecule has 2 heterocycles. The molecule has 1 saturated heterocycles. The number of pyridine rings is 1. The monoisotopic (exact) mass is 387 g/mol. The highest BCUT2D eigenvalue weighted by Crippen LogP contribution is 2.28. The van der Waals surface area contributed by atoms with E-state index in [9.17, 15) is 8.42 Å². The van der Waals surface area contributed by atoms with Crippen molar-refractivity contribution in [1.82, 2.24) is 9.88 Å². The van der Waals surface area contributed by atoms with Gasteiger partial charge in [-0.3, -0.25) is 9.71 Å². The Kier molecular flexibility index (Phi) is 5.86. The molecule has 3 rings (SSSR count). The molecule has 146 valence electrons. The first-order chi connectivity index (χ1) is 12.8. The van der Waals surface area contributed by atoms with Gasteiger partial charge in [-0.25, -0.2) is 8.42 Å². The van der Waals surface area contributed by atoms with Crippen LogP contribution in [0, 0.1) is 0 Å². The molecule has 1 aromatic heterocycles. The standard InChI is InChI=1S/C21H29N3O2S/c1-15(2)17-5-8-20(9-6-17)27(25,26)23-19-7-10-21(22-13-19)18-11-12-24(14-18)16(3)4/h5-10,13,15-16,18,23H,11-12,14H2,1-4H3. The summed E-state index contributed by atoms with van der Waals surface area (Å²) in [6, 6.07) is 11.3. The molecule has 1 aliphatic rings. The van der Waals surface area contributed by atoms with Gasteiger partial charge < -0.3 is 4.90 Å². The highest BCUT2D eigenvalue weighted by Gasteiger charge is 2.26. The van der Waals surface area contributed by atoms with Crippen molar-refractivity contribution in [1.29, 1.82) is 0 Å². The minimum absolute atomic E-state index is 0.263. The molecule has 27 heavy (non-hydrogen) atoms. The first-order valence-corrected chi connectivity index (χ1v) is 11.1. The van der Waals surface area contributed by atoms with Crippen LogP contribution in [0.2, 0.25) is 0 Å². The second kappa shape index (κ2) is 7.98. The maximum absolute atomic E-state index is 12.6. The fourth-order valence-electron chi connectivity index (χ4n) is 3.45. The zero-order valence-corrected chi connectivity index (χ0v) is 17.3. The first kappa shape index (κ1) is 19.8. The molecule has 0 aliphatic carbocycles. The lowest BCUT2D eigenvalue weighted by atomic mass is 10.0. The molecule has 2 aromatic rings. The fraction of sp³-hybridized carbons (Fsp3) is 0.476. The number of hydrogen-bond donors (Lipinski definition) is 1. The molecule has 1 unspecified atom stereocenters. The van der Waals surface area contributed by atoms with Gasteiger partial charge in [0.25, 0.3) is 10.0 Å². The molecular formula is C21H29N3O2S. The second-order valence-corrected chi connectivity index (χ2v) is 9.56. The van der Waals surface area contributed by atoms with Gasteiger partial charge in [-0.05, 0) is 62.6 Å². The Bertz CT molecular complexity index is 859. The molecule has 1 aliphatic heterocycles. The van der Waals surface area contributed by atoms with Crippen molar-refractivity contribution in [3.8, 4) is 0 Å². The van der Waals surface area contributed by atoms with Gasteiger partial charge >= 0.3 is 0 Å². The molecular weight excluding hydrogens is 358 g/mol. The average Bonchev–Trinajstić information content (AvgIpc) is 3.12. The van der Waals surface area contributed by atoms with E-state index in [1.165, 1.54) is 0 Å². The van der Waals surface area contributed by atoms with Crippen molar-refractivity contribution >= 4 is 15.7 Å². The Morgan fingerprint density at radius 1 is 1.07 bits per heavy atom. The van der Waals surface area contributed by atoms with E-state index in [1.807, 2.05) is 18.2 Å². The number of aromatic nitrogens is 1. The van der Waals surface area contributed by atoms with Gasteiger partial charge in [0.2, 0.25) is 0 Å². The third-order valence-corrected chi connectivity index (χ3v) is 6.66. The van der Waals surface area contributed by atoms with Crippen LogP contribution in [-0.4, -0.2) is 37.4 Å². The number of anilines is 1. The van der Waals surface area contributed by atoms with E-state index < -0.39 is 10.0 Å². The lowest BCUT2D eigenvalue weighted by Gasteiger charge is -2.20. The largest absolute Gasteiger partial charge is 0.300 e. The van der Waals surface area contributed by atoms with Crippen LogP contribution in [-0.2, 0) is 10.0 Å². The fourth-order valence-corrected chi connectivity index (χ4v) is 4.49. The molecule has 0 spiro atoms. The van der Waals surface area contributed by atoms with Gasteiger partial charge in [-0.15, -0.1) is 0 Å². The smallest absolute Gasteiger partial charge is 0.261 e. The van der Waals surface area contributed by atoms with Gasteiger partial charge in [0.15, 0.2) is 0 Å². The Hall–Kier alpha value is -1.92. The van der Waals surface area contributed by atoms with Crippen molar-refractivity contribution in [2.75, 3.05) is 17.8 Å². The quantitative estimate of drug-likeness (QED) is 0.807. The predicted molar refractivity (Wildman–Crippen MR) is 110 cm³/mol. The summed E-state index contributed by atoms with van der Waals surface area (Å²) in [5.74, 6) is 0.787. The minimum atomic E-state index is -3.61. The van der Waals surface area contributed by atoms with Crippen molar-refractivity contribution in [3.63, 3.8) is 0 Å². The van der Waals surface area contributed by atoms with Crippen LogP contribution in [0.25, 0.3) is 0 Å². The van der Waals surface area contributed by atoms with Crippen LogP contribution in [0.5, 0.6) is 0 Å². The van der Waals surface area contributed by atoms with E-state index in [1.54, 1.807) is 24.4 Å². The van der Waals surface area contributed by atoms with Crippen LogP contribution in [0.4, 0.5) is 5.69 Å². The average molecular weight is 388 g/mol. The Labute approximate surface area is 162 Å². The maximum atomic E-state index is 12.6. The normalized spacial score (nSPS) is 18.4. The Balaban J connectivity index is 1.68. The summed E-state index contributed by atoms with van der Waals surface area (Å²) >= 11 is 0. The zero-order chi connectivity index (χ0) is 19.6. The lowest BCUT2D eigenvalue weighted by molar-refractivity contribution is 0.272. The predicted octanol–water partition coefficient (Wildman–Crippen LogP) is 4.20. The van der Waals surface area contributed by atoms with E-state index in [0.29, 0.717) is 23.6 Å². The van der Waals surface area contributed by atoms with E-state index in [-0.39, 0.29) is 4.90 Å². The zero-order valence-electron chi connectivity index (χ0n) is 16.5. The molecule has 1 atom stereocenters. The number of nitrogens with zero attached hydrogens (tertiary/aromatic N) is 2.